The molecule has 0 saturated heterocycles. The van der Waals surface area contributed by atoms with Gasteiger partial charge in [0.1, 0.15) is 0 Å². The van der Waals surface area contributed by atoms with Gasteiger partial charge in [-0.25, -0.2) is 9.59 Å². The number of aliphatic hydroxyl groups is 1. The molecule has 1 aromatic rings. The molecule has 1 saturated carbocycles. The first kappa shape index (κ1) is 20.2. The Balaban J connectivity index is 1.81. The van der Waals surface area contributed by atoms with Gasteiger partial charge in [0.15, 0.2) is 6.10 Å². The average molecular weight is 364 g/mol. The number of aliphatic hydroxyl groups excluding tert-OH is 1. The summed E-state index contributed by atoms with van der Waals surface area (Å²) in [5, 5.41) is 12.9. The molecule has 0 unspecified atom stereocenters. The van der Waals surface area contributed by atoms with Crippen molar-refractivity contribution in [1.29, 1.82) is 0 Å². The lowest BCUT2D eigenvalue weighted by Crippen LogP contribution is -2.52. The Morgan fingerprint density at radius 1 is 1.19 bits per heavy atom. The van der Waals surface area contributed by atoms with Crippen molar-refractivity contribution in [1.82, 2.24) is 10.8 Å². The zero-order valence-corrected chi connectivity index (χ0v) is 15.1. The molecule has 26 heavy (non-hydrogen) atoms. The minimum atomic E-state index is -1.35. The summed E-state index contributed by atoms with van der Waals surface area (Å²) >= 11 is 0. The van der Waals surface area contributed by atoms with Crippen LogP contribution >= 0.6 is 0 Å². The molecule has 0 bridgehead atoms. The zero-order valence-electron chi connectivity index (χ0n) is 15.1. The number of rotatable bonds is 8. The van der Waals surface area contributed by atoms with E-state index in [1.807, 2.05) is 6.92 Å². The molecule has 1 aliphatic rings. The largest absolute Gasteiger partial charge is 0.450 e. The first-order valence-electron chi connectivity index (χ1n) is 9.24. The summed E-state index contributed by atoms with van der Waals surface area (Å²) < 4.78 is 5.13. The van der Waals surface area contributed by atoms with Crippen LogP contribution in [0.15, 0.2) is 30.3 Å². The maximum absolute atomic E-state index is 12.0. The Morgan fingerprint density at radius 3 is 2.58 bits per heavy atom. The number of nitrogens with one attached hydrogen (secondary N) is 2. The van der Waals surface area contributed by atoms with Crippen LogP contribution in [0.2, 0.25) is 0 Å². The van der Waals surface area contributed by atoms with Gasteiger partial charge in [-0.1, -0.05) is 56.5 Å². The van der Waals surface area contributed by atoms with E-state index >= 15 is 0 Å². The van der Waals surface area contributed by atoms with Crippen molar-refractivity contribution >= 4 is 12.1 Å². The van der Waals surface area contributed by atoms with E-state index < -0.39 is 18.2 Å². The molecular weight excluding hydrogens is 336 g/mol. The number of benzene rings is 1. The van der Waals surface area contributed by atoms with Crippen molar-refractivity contribution in [2.75, 3.05) is 6.61 Å². The van der Waals surface area contributed by atoms with E-state index in [0.29, 0.717) is 12.2 Å². The van der Waals surface area contributed by atoms with Crippen LogP contribution in [-0.4, -0.2) is 35.9 Å². The van der Waals surface area contributed by atoms with Crippen LogP contribution in [0.4, 0.5) is 4.79 Å². The smallest absolute Gasteiger partial charge is 0.407 e. The summed E-state index contributed by atoms with van der Waals surface area (Å²) in [7, 11) is 0. The van der Waals surface area contributed by atoms with Gasteiger partial charge in [-0.2, -0.15) is 0 Å². The normalized spacial score (nSPS) is 20.8. The minimum Gasteiger partial charge on any atom is -0.450 e. The maximum atomic E-state index is 12.0. The number of carbonyl (C=O) groups excluding carboxylic acids is 2. The van der Waals surface area contributed by atoms with Gasteiger partial charge in [-0.05, 0) is 24.8 Å². The third kappa shape index (κ3) is 6.31. The summed E-state index contributed by atoms with van der Waals surface area (Å²) in [5.74, 6) is -0.772. The Hall–Kier alpha value is -2.12. The van der Waals surface area contributed by atoms with E-state index in [1.54, 1.807) is 30.3 Å². The summed E-state index contributed by atoms with van der Waals surface area (Å²) in [5.41, 5.74) is 3.18. The molecule has 1 aromatic carbocycles. The highest BCUT2D eigenvalue weighted by atomic mass is 16.7. The Labute approximate surface area is 154 Å². The highest BCUT2D eigenvalue weighted by Gasteiger charge is 2.29. The second kappa shape index (κ2) is 10.8. The minimum absolute atomic E-state index is 0.181. The highest BCUT2D eigenvalue weighted by molar-refractivity contribution is 5.76. The van der Waals surface area contributed by atoms with Gasteiger partial charge in [-0.15, -0.1) is 5.48 Å². The van der Waals surface area contributed by atoms with Gasteiger partial charge < -0.3 is 20.0 Å². The van der Waals surface area contributed by atoms with Crippen LogP contribution in [0, 0.1) is 0 Å². The molecular formula is C19H28N2O5. The van der Waals surface area contributed by atoms with Gasteiger partial charge in [0.2, 0.25) is 0 Å². The Morgan fingerprint density at radius 2 is 1.88 bits per heavy atom. The van der Waals surface area contributed by atoms with E-state index in [2.05, 4.69) is 10.8 Å². The number of amides is 1. The number of unbranched alkanes of at least 4 members (excludes halogenated alkanes) is 1. The number of hydrogen-bond donors (Lipinski definition) is 3. The third-order valence-electron chi connectivity index (χ3n) is 4.45. The topological polar surface area (TPSA) is 96.9 Å². The van der Waals surface area contributed by atoms with E-state index in [0.717, 1.165) is 38.5 Å². The SMILES string of the molecule is CCCCOC(=O)N[C@H]1CCCC[C@H]1NOC(=O)[C@@H](O)c1ccccc1. The van der Waals surface area contributed by atoms with Gasteiger partial charge in [0, 0.05) is 0 Å². The molecule has 7 heteroatoms. The predicted octanol–water partition coefficient (Wildman–Crippen LogP) is 2.61. The lowest BCUT2D eigenvalue weighted by Gasteiger charge is -2.31. The molecule has 0 radical (unpaired) electrons. The van der Waals surface area contributed by atoms with Crippen molar-refractivity contribution < 1.29 is 24.3 Å². The first-order valence-corrected chi connectivity index (χ1v) is 9.24. The van der Waals surface area contributed by atoms with Gasteiger partial charge in [-0.3, -0.25) is 0 Å². The number of hydroxylamine groups is 1. The predicted molar refractivity (Wildman–Crippen MR) is 96.1 cm³/mol. The van der Waals surface area contributed by atoms with Crippen LogP contribution in [0.1, 0.15) is 57.1 Å². The summed E-state index contributed by atoms with van der Waals surface area (Å²) in [6.45, 7) is 2.42. The second-order valence-electron chi connectivity index (χ2n) is 6.48. The van der Waals surface area contributed by atoms with Crippen LogP contribution in [0.25, 0.3) is 0 Å². The quantitative estimate of drug-likeness (QED) is 0.485. The molecule has 2 rings (SSSR count). The average Bonchev–Trinajstić information content (AvgIpc) is 2.67. The van der Waals surface area contributed by atoms with Crippen molar-refractivity contribution in [3.8, 4) is 0 Å². The fourth-order valence-electron chi connectivity index (χ4n) is 2.91. The molecule has 1 fully saturated rings. The molecule has 0 spiro atoms. The summed E-state index contributed by atoms with van der Waals surface area (Å²) in [4.78, 5) is 29.0. The molecule has 0 heterocycles. The molecule has 1 amide bonds. The van der Waals surface area contributed by atoms with Crippen LogP contribution in [-0.2, 0) is 14.4 Å². The van der Waals surface area contributed by atoms with E-state index in [-0.39, 0.29) is 12.1 Å². The molecule has 3 N–H and O–H groups in total. The van der Waals surface area contributed by atoms with Crippen molar-refractivity contribution in [3.05, 3.63) is 35.9 Å². The lowest BCUT2D eigenvalue weighted by molar-refractivity contribution is -0.164. The van der Waals surface area contributed by atoms with Gasteiger partial charge in [0.25, 0.3) is 0 Å². The molecule has 0 aromatic heterocycles. The number of hydrogen-bond acceptors (Lipinski definition) is 6. The fourth-order valence-corrected chi connectivity index (χ4v) is 2.91. The van der Waals surface area contributed by atoms with Crippen LogP contribution < -0.4 is 10.8 Å². The third-order valence-corrected chi connectivity index (χ3v) is 4.45. The van der Waals surface area contributed by atoms with Gasteiger partial charge in [0.05, 0.1) is 18.7 Å². The van der Waals surface area contributed by atoms with Crippen LogP contribution in [0.3, 0.4) is 0 Å². The monoisotopic (exact) mass is 364 g/mol. The first-order chi connectivity index (χ1) is 12.6. The molecule has 7 nitrogen and oxygen atoms in total. The summed E-state index contributed by atoms with van der Waals surface area (Å²) in [6.07, 6.45) is 3.48. The standard InChI is InChI=1S/C19H28N2O5/c1-2-3-13-25-19(24)20-15-11-7-8-12-16(15)21-26-18(23)17(22)14-9-5-4-6-10-14/h4-6,9-10,15-17,21-22H,2-3,7-8,11-13H2,1H3,(H,20,24)/t15-,16+,17-/m0/s1. The van der Waals surface area contributed by atoms with E-state index in [9.17, 15) is 14.7 Å². The Kier molecular flexibility index (Phi) is 8.37. The molecule has 3 atom stereocenters. The molecule has 1 aliphatic carbocycles. The zero-order chi connectivity index (χ0) is 18.8. The van der Waals surface area contributed by atoms with Crippen molar-refractivity contribution in [3.63, 3.8) is 0 Å². The number of alkyl carbamates (subject to hydrolysis) is 1. The van der Waals surface area contributed by atoms with Gasteiger partial charge >= 0.3 is 12.1 Å². The Bertz CT molecular complexity index is 566. The lowest BCUT2D eigenvalue weighted by atomic mass is 9.91. The van der Waals surface area contributed by atoms with E-state index in [4.69, 9.17) is 9.57 Å². The number of carbonyl (C=O) groups is 2. The fraction of sp³-hybridized carbons (Fsp3) is 0.579. The molecule has 0 aliphatic heterocycles. The highest BCUT2D eigenvalue weighted by Crippen LogP contribution is 2.20. The van der Waals surface area contributed by atoms with E-state index in [1.165, 1.54) is 0 Å². The van der Waals surface area contributed by atoms with Crippen molar-refractivity contribution in [2.45, 2.75) is 63.6 Å². The number of ether oxygens (including phenoxy) is 1. The van der Waals surface area contributed by atoms with Crippen LogP contribution in [0.5, 0.6) is 0 Å². The maximum Gasteiger partial charge on any atom is 0.407 e. The molecule has 144 valence electrons. The second-order valence-corrected chi connectivity index (χ2v) is 6.48. The van der Waals surface area contributed by atoms with Crippen molar-refractivity contribution in [2.24, 2.45) is 0 Å². The summed E-state index contributed by atoms with van der Waals surface area (Å²) in [6, 6.07) is 8.20.